The normalized spacial score (nSPS) is 35.0. The third-order valence-electron chi connectivity index (χ3n) is 1.57. The van der Waals surface area contributed by atoms with Crippen LogP contribution < -0.4 is 5.73 Å². The van der Waals surface area contributed by atoms with Crippen molar-refractivity contribution < 1.29 is 9.84 Å². The van der Waals surface area contributed by atoms with Crippen LogP contribution in [0.15, 0.2) is 12.2 Å². The van der Waals surface area contributed by atoms with Crippen LogP contribution in [0, 0.1) is 0 Å². The minimum atomic E-state index is -0.509. The highest BCUT2D eigenvalue weighted by molar-refractivity contribution is 4.89. The molecule has 0 saturated heterocycles. The first kappa shape index (κ1) is 7.72. The first-order chi connectivity index (χ1) is 4.80. The van der Waals surface area contributed by atoms with Gasteiger partial charge in [0.25, 0.3) is 0 Å². The quantitative estimate of drug-likeness (QED) is 0.456. The van der Waals surface area contributed by atoms with Crippen molar-refractivity contribution in [3.8, 4) is 0 Å². The fourth-order valence-electron chi connectivity index (χ4n) is 0.859. The van der Waals surface area contributed by atoms with E-state index in [9.17, 15) is 5.11 Å². The fraction of sp³-hybridized carbons (Fsp3) is 0.714. The number of hydrogen-bond acceptors (Lipinski definition) is 3. The predicted octanol–water partition coefficient (Wildman–Crippen LogP) is -0.349. The summed E-state index contributed by atoms with van der Waals surface area (Å²) in [5, 5.41) is 9.20. The Morgan fingerprint density at radius 2 is 2.30 bits per heavy atom. The van der Waals surface area contributed by atoms with Gasteiger partial charge in [-0.2, -0.15) is 0 Å². The van der Waals surface area contributed by atoms with Crippen LogP contribution in [0.1, 0.15) is 6.42 Å². The fourth-order valence-corrected chi connectivity index (χ4v) is 0.859. The maximum atomic E-state index is 9.20. The van der Waals surface area contributed by atoms with Crippen molar-refractivity contribution in [1.29, 1.82) is 0 Å². The molecule has 0 spiro atoms. The summed E-state index contributed by atoms with van der Waals surface area (Å²) in [6.45, 7) is 0.940. The van der Waals surface area contributed by atoms with Gasteiger partial charge in [-0.3, -0.25) is 0 Å². The zero-order chi connectivity index (χ0) is 7.40. The Bertz CT molecular complexity index is 125. The van der Waals surface area contributed by atoms with Gasteiger partial charge in [-0.15, -0.1) is 0 Å². The zero-order valence-electron chi connectivity index (χ0n) is 5.86. The van der Waals surface area contributed by atoms with Crippen LogP contribution in [-0.4, -0.2) is 30.5 Å². The minimum Gasteiger partial charge on any atom is -0.389 e. The third kappa shape index (κ3) is 2.10. The van der Waals surface area contributed by atoms with Crippen LogP contribution in [0.4, 0.5) is 0 Å². The monoisotopic (exact) mass is 143 g/mol. The molecule has 3 nitrogen and oxygen atoms in total. The molecule has 3 heteroatoms. The van der Waals surface area contributed by atoms with E-state index < -0.39 is 6.10 Å². The molecule has 0 saturated carbocycles. The summed E-state index contributed by atoms with van der Waals surface area (Å²) in [5.41, 5.74) is 5.57. The topological polar surface area (TPSA) is 55.5 Å². The van der Waals surface area contributed by atoms with Crippen molar-refractivity contribution in [3.63, 3.8) is 0 Å². The van der Waals surface area contributed by atoms with Crippen LogP contribution in [0.2, 0.25) is 0 Å². The summed E-state index contributed by atoms with van der Waals surface area (Å²) < 4.78 is 5.04. The van der Waals surface area contributed by atoms with Gasteiger partial charge in [0.2, 0.25) is 0 Å². The van der Waals surface area contributed by atoms with Crippen molar-refractivity contribution in [2.45, 2.75) is 18.6 Å². The molecule has 0 bridgehead atoms. The summed E-state index contributed by atoms with van der Waals surface area (Å²) in [4.78, 5) is 0. The van der Waals surface area contributed by atoms with Gasteiger partial charge >= 0.3 is 0 Å². The second-order valence-corrected chi connectivity index (χ2v) is 2.48. The van der Waals surface area contributed by atoms with E-state index in [2.05, 4.69) is 0 Å². The van der Waals surface area contributed by atoms with Crippen LogP contribution >= 0.6 is 0 Å². The lowest BCUT2D eigenvalue weighted by Gasteiger charge is -2.18. The van der Waals surface area contributed by atoms with Gasteiger partial charge in [0.15, 0.2) is 0 Å². The standard InChI is InChI=1S/C7H13NO2/c8-6-3-1-2-4-10-5-7(6)9/h1-2,6-7,9H,3-5,8H2/t6-,7?/m0/s1. The summed E-state index contributed by atoms with van der Waals surface area (Å²) >= 11 is 0. The van der Waals surface area contributed by atoms with Crippen LogP contribution in [-0.2, 0) is 4.74 Å². The molecule has 0 amide bonds. The molecule has 1 heterocycles. The Balaban J connectivity index is 2.41. The van der Waals surface area contributed by atoms with E-state index in [4.69, 9.17) is 10.5 Å². The number of ether oxygens (including phenoxy) is 1. The highest BCUT2D eigenvalue weighted by atomic mass is 16.5. The first-order valence-corrected chi connectivity index (χ1v) is 3.47. The molecule has 1 aliphatic rings. The van der Waals surface area contributed by atoms with Crippen LogP contribution in [0.25, 0.3) is 0 Å². The molecule has 10 heavy (non-hydrogen) atoms. The molecular formula is C7H13NO2. The van der Waals surface area contributed by atoms with Crippen molar-refractivity contribution in [1.82, 2.24) is 0 Å². The van der Waals surface area contributed by atoms with Crippen LogP contribution in [0.5, 0.6) is 0 Å². The van der Waals surface area contributed by atoms with Crippen molar-refractivity contribution in [2.24, 2.45) is 5.73 Å². The summed E-state index contributed by atoms with van der Waals surface area (Å²) in [6, 6.07) is -0.170. The second kappa shape index (κ2) is 3.71. The predicted molar refractivity (Wildman–Crippen MR) is 38.6 cm³/mol. The maximum absolute atomic E-state index is 9.20. The molecule has 0 aromatic carbocycles. The average Bonchev–Trinajstić information content (AvgIpc) is 1.92. The van der Waals surface area contributed by atoms with E-state index >= 15 is 0 Å². The van der Waals surface area contributed by atoms with Crippen molar-refractivity contribution in [3.05, 3.63) is 12.2 Å². The molecule has 1 unspecified atom stereocenters. The van der Waals surface area contributed by atoms with E-state index in [-0.39, 0.29) is 6.04 Å². The number of hydrogen-bond donors (Lipinski definition) is 2. The molecule has 0 radical (unpaired) electrons. The van der Waals surface area contributed by atoms with E-state index in [0.29, 0.717) is 13.2 Å². The summed E-state index contributed by atoms with van der Waals surface area (Å²) in [7, 11) is 0. The van der Waals surface area contributed by atoms with E-state index in [0.717, 1.165) is 6.42 Å². The largest absolute Gasteiger partial charge is 0.389 e. The average molecular weight is 143 g/mol. The van der Waals surface area contributed by atoms with E-state index in [1.54, 1.807) is 0 Å². The van der Waals surface area contributed by atoms with Crippen molar-refractivity contribution >= 4 is 0 Å². The molecule has 0 aliphatic carbocycles. The highest BCUT2D eigenvalue weighted by Gasteiger charge is 2.13. The Kier molecular flexibility index (Phi) is 2.86. The van der Waals surface area contributed by atoms with E-state index in [1.807, 2.05) is 12.2 Å². The van der Waals surface area contributed by atoms with E-state index in [1.165, 1.54) is 0 Å². The van der Waals surface area contributed by atoms with Gasteiger partial charge in [-0.25, -0.2) is 0 Å². The number of rotatable bonds is 0. The Morgan fingerprint density at radius 1 is 1.50 bits per heavy atom. The molecule has 1 rings (SSSR count). The van der Waals surface area contributed by atoms with Gasteiger partial charge in [0, 0.05) is 6.04 Å². The molecule has 1 aliphatic heterocycles. The number of aliphatic hydroxyl groups is 1. The zero-order valence-corrected chi connectivity index (χ0v) is 5.86. The number of aliphatic hydroxyl groups excluding tert-OH is 1. The third-order valence-corrected chi connectivity index (χ3v) is 1.57. The summed E-state index contributed by atoms with van der Waals surface area (Å²) in [5.74, 6) is 0. The van der Waals surface area contributed by atoms with Gasteiger partial charge < -0.3 is 15.6 Å². The van der Waals surface area contributed by atoms with Gasteiger partial charge in [0.05, 0.1) is 19.3 Å². The van der Waals surface area contributed by atoms with Crippen molar-refractivity contribution in [2.75, 3.05) is 13.2 Å². The van der Waals surface area contributed by atoms with Gasteiger partial charge in [-0.1, -0.05) is 12.2 Å². The molecule has 58 valence electrons. The second-order valence-electron chi connectivity index (χ2n) is 2.48. The SMILES string of the molecule is N[C@H]1CC=CCOCC1O. The Hall–Kier alpha value is -0.380. The van der Waals surface area contributed by atoms with Gasteiger partial charge in [0.1, 0.15) is 0 Å². The molecule has 0 aromatic heterocycles. The number of nitrogens with two attached hydrogens (primary N) is 1. The molecule has 0 aromatic rings. The lowest BCUT2D eigenvalue weighted by Crippen LogP contribution is -2.38. The molecule has 2 atom stereocenters. The smallest absolute Gasteiger partial charge is 0.0927 e. The molecule has 3 N–H and O–H groups in total. The maximum Gasteiger partial charge on any atom is 0.0927 e. The molecular weight excluding hydrogens is 130 g/mol. The minimum absolute atomic E-state index is 0.170. The highest BCUT2D eigenvalue weighted by Crippen LogP contribution is 2.01. The first-order valence-electron chi connectivity index (χ1n) is 3.47. The summed E-state index contributed by atoms with van der Waals surface area (Å²) in [6.07, 6.45) is 4.09. The van der Waals surface area contributed by atoms with Gasteiger partial charge in [-0.05, 0) is 6.42 Å². The van der Waals surface area contributed by atoms with Crippen LogP contribution in [0.3, 0.4) is 0 Å². The Labute approximate surface area is 60.5 Å². The lowest BCUT2D eigenvalue weighted by atomic mass is 10.1. The Morgan fingerprint density at radius 3 is 3.10 bits per heavy atom. The molecule has 0 fully saturated rings. The lowest BCUT2D eigenvalue weighted by molar-refractivity contribution is 0.0320.